The van der Waals surface area contributed by atoms with E-state index in [1.54, 1.807) is 6.07 Å². The monoisotopic (exact) mass is 212 g/mol. The molecule has 0 amide bonds. The highest BCUT2D eigenvalue weighted by molar-refractivity contribution is 6.31. The first-order chi connectivity index (χ1) is 6.16. The van der Waals surface area contributed by atoms with Gasteiger partial charge in [-0.3, -0.25) is 0 Å². The zero-order chi connectivity index (χ0) is 9.42. The van der Waals surface area contributed by atoms with Gasteiger partial charge in [0.1, 0.15) is 0 Å². The third kappa shape index (κ3) is 1.60. The molecule has 0 aliphatic rings. The Morgan fingerprint density at radius 3 is 2.69 bits per heavy atom. The van der Waals surface area contributed by atoms with Crippen LogP contribution in [0.4, 0.5) is 0 Å². The van der Waals surface area contributed by atoms with Gasteiger partial charge in [0.15, 0.2) is 0 Å². The minimum Gasteiger partial charge on any atom is -0.223 e. The highest BCUT2D eigenvalue weighted by atomic mass is 35.5. The molecule has 1 aromatic heterocycles. The predicted molar refractivity (Wildman–Crippen MR) is 54.3 cm³/mol. The van der Waals surface area contributed by atoms with Gasteiger partial charge in [0, 0.05) is 10.4 Å². The molecule has 2 nitrogen and oxygen atoms in total. The summed E-state index contributed by atoms with van der Waals surface area (Å²) in [4.78, 5) is 8.11. The molecule has 1 aromatic carbocycles. The summed E-state index contributed by atoms with van der Waals surface area (Å²) in [6.07, 6.45) is 0. The summed E-state index contributed by atoms with van der Waals surface area (Å²) < 4.78 is 0. The third-order valence-electron chi connectivity index (χ3n) is 1.82. The van der Waals surface area contributed by atoms with Crippen LogP contribution in [0.15, 0.2) is 18.2 Å². The molecule has 2 aromatic rings. The molecule has 0 N–H and O–H groups in total. The third-order valence-corrected chi connectivity index (χ3v) is 2.23. The lowest BCUT2D eigenvalue weighted by atomic mass is 10.2. The van der Waals surface area contributed by atoms with Crippen LogP contribution in [0.3, 0.4) is 0 Å². The van der Waals surface area contributed by atoms with Gasteiger partial charge in [0.2, 0.25) is 5.28 Å². The molecule has 4 heteroatoms. The van der Waals surface area contributed by atoms with Crippen molar-refractivity contribution < 1.29 is 0 Å². The highest BCUT2D eigenvalue weighted by Gasteiger charge is 2.02. The van der Waals surface area contributed by atoms with Crippen molar-refractivity contribution in [2.24, 2.45) is 0 Å². The quantitative estimate of drug-likeness (QED) is 0.627. The number of benzene rings is 1. The maximum atomic E-state index is 5.84. The van der Waals surface area contributed by atoms with Gasteiger partial charge in [0.05, 0.1) is 11.2 Å². The first-order valence-electron chi connectivity index (χ1n) is 3.76. The van der Waals surface area contributed by atoms with Gasteiger partial charge in [-0.25, -0.2) is 9.97 Å². The number of fused-ring (bicyclic) bond motifs is 1. The summed E-state index contributed by atoms with van der Waals surface area (Å²) in [5.74, 6) is 0. The minimum absolute atomic E-state index is 0.271. The lowest BCUT2D eigenvalue weighted by Crippen LogP contribution is -1.89. The van der Waals surface area contributed by atoms with E-state index >= 15 is 0 Å². The molecular weight excluding hydrogens is 207 g/mol. The van der Waals surface area contributed by atoms with Crippen molar-refractivity contribution in [1.82, 2.24) is 9.97 Å². The molecule has 0 atom stereocenters. The maximum Gasteiger partial charge on any atom is 0.223 e. The lowest BCUT2D eigenvalue weighted by Gasteiger charge is -2.01. The molecular formula is C9H6Cl2N2. The van der Waals surface area contributed by atoms with E-state index in [1.807, 2.05) is 19.1 Å². The second-order valence-corrected chi connectivity index (χ2v) is 3.51. The van der Waals surface area contributed by atoms with Crippen molar-refractivity contribution in [2.75, 3.05) is 0 Å². The summed E-state index contributed by atoms with van der Waals surface area (Å²) in [5.41, 5.74) is 1.67. The van der Waals surface area contributed by atoms with Gasteiger partial charge in [0.25, 0.3) is 0 Å². The molecule has 0 unspecified atom stereocenters. The molecule has 2 rings (SSSR count). The first-order valence-corrected chi connectivity index (χ1v) is 4.52. The Balaban J connectivity index is 2.87. The van der Waals surface area contributed by atoms with Crippen molar-refractivity contribution in [1.29, 1.82) is 0 Å². The normalized spacial score (nSPS) is 10.7. The Hall–Kier alpha value is -0.860. The zero-order valence-corrected chi connectivity index (χ0v) is 8.39. The summed E-state index contributed by atoms with van der Waals surface area (Å²) in [7, 11) is 0. The summed E-state index contributed by atoms with van der Waals surface area (Å²) >= 11 is 11.6. The topological polar surface area (TPSA) is 25.8 Å². The number of aryl methyl sites for hydroxylation is 1. The average Bonchev–Trinajstić information content (AvgIpc) is 2.06. The van der Waals surface area contributed by atoms with Gasteiger partial charge in [-0.1, -0.05) is 11.6 Å². The number of nitrogens with zero attached hydrogens (tertiary/aromatic N) is 2. The summed E-state index contributed by atoms with van der Waals surface area (Å²) in [6, 6.07) is 5.45. The fourth-order valence-electron chi connectivity index (χ4n) is 1.22. The van der Waals surface area contributed by atoms with Crippen molar-refractivity contribution in [2.45, 2.75) is 6.92 Å². The van der Waals surface area contributed by atoms with Gasteiger partial charge >= 0.3 is 0 Å². The van der Waals surface area contributed by atoms with E-state index in [4.69, 9.17) is 23.2 Å². The van der Waals surface area contributed by atoms with E-state index in [2.05, 4.69) is 9.97 Å². The summed E-state index contributed by atoms with van der Waals surface area (Å²) in [6.45, 7) is 1.88. The molecule has 0 spiro atoms. The zero-order valence-electron chi connectivity index (χ0n) is 6.88. The standard InChI is InChI=1S/C9H6Cl2N2/c1-5-7-4-6(10)2-3-8(7)13-9(11)12-5/h2-4H,1H3. The maximum absolute atomic E-state index is 5.84. The molecule has 0 fully saturated rings. The van der Waals surface area contributed by atoms with Crippen LogP contribution in [0.2, 0.25) is 10.3 Å². The van der Waals surface area contributed by atoms with E-state index in [-0.39, 0.29) is 5.28 Å². The Labute approximate surface area is 85.5 Å². The molecule has 0 radical (unpaired) electrons. The van der Waals surface area contributed by atoms with Gasteiger partial charge in [-0.15, -0.1) is 0 Å². The van der Waals surface area contributed by atoms with Crippen LogP contribution < -0.4 is 0 Å². The number of aromatic nitrogens is 2. The lowest BCUT2D eigenvalue weighted by molar-refractivity contribution is 1.15. The van der Waals surface area contributed by atoms with E-state index in [0.717, 1.165) is 16.6 Å². The molecule has 66 valence electrons. The Bertz CT molecular complexity index is 468. The fraction of sp³-hybridized carbons (Fsp3) is 0.111. The van der Waals surface area contributed by atoms with Crippen molar-refractivity contribution >= 4 is 34.1 Å². The Morgan fingerprint density at radius 1 is 1.15 bits per heavy atom. The smallest absolute Gasteiger partial charge is 0.223 e. The van der Waals surface area contributed by atoms with Crippen molar-refractivity contribution in [3.05, 3.63) is 34.2 Å². The van der Waals surface area contributed by atoms with Gasteiger partial charge < -0.3 is 0 Å². The van der Waals surface area contributed by atoms with Crippen LogP contribution in [0.5, 0.6) is 0 Å². The van der Waals surface area contributed by atoms with Crippen LogP contribution in [0.1, 0.15) is 5.69 Å². The van der Waals surface area contributed by atoms with Crippen LogP contribution in [0.25, 0.3) is 10.9 Å². The highest BCUT2D eigenvalue weighted by Crippen LogP contribution is 2.21. The van der Waals surface area contributed by atoms with Crippen LogP contribution >= 0.6 is 23.2 Å². The van der Waals surface area contributed by atoms with Crippen molar-refractivity contribution in [3.63, 3.8) is 0 Å². The SMILES string of the molecule is Cc1nc(Cl)nc2ccc(Cl)cc12. The average molecular weight is 213 g/mol. The predicted octanol–water partition coefficient (Wildman–Crippen LogP) is 3.25. The number of hydrogen-bond acceptors (Lipinski definition) is 2. The van der Waals surface area contributed by atoms with Crippen LogP contribution in [-0.4, -0.2) is 9.97 Å². The largest absolute Gasteiger partial charge is 0.223 e. The number of halogens is 2. The van der Waals surface area contributed by atoms with Crippen molar-refractivity contribution in [3.8, 4) is 0 Å². The molecule has 0 bridgehead atoms. The molecule has 0 saturated carbocycles. The van der Waals surface area contributed by atoms with E-state index < -0.39 is 0 Å². The van der Waals surface area contributed by atoms with E-state index in [1.165, 1.54) is 0 Å². The summed E-state index contributed by atoms with van der Waals surface area (Å²) in [5, 5.41) is 1.89. The second-order valence-electron chi connectivity index (χ2n) is 2.74. The second kappa shape index (κ2) is 3.13. The molecule has 0 aliphatic carbocycles. The Morgan fingerprint density at radius 2 is 1.92 bits per heavy atom. The molecule has 13 heavy (non-hydrogen) atoms. The first kappa shape index (κ1) is 8.73. The molecule has 0 aliphatic heterocycles. The van der Waals surface area contributed by atoms with Crippen LogP contribution in [-0.2, 0) is 0 Å². The fourth-order valence-corrected chi connectivity index (χ4v) is 1.61. The minimum atomic E-state index is 0.271. The van der Waals surface area contributed by atoms with E-state index in [9.17, 15) is 0 Å². The van der Waals surface area contributed by atoms with Crippen LogP contribution in [0, 0.1) is 6.92 Å². The number of hydrogen-bond donors (Lipinski definition) is 0. The molecule has 0 saturated heterocycles. The molecule has 1 heterocycles. The van der Waals surface area contributed by atoms with Gasteiger partial charge in [-0.05, 0) is 36.7 Å². The van der Waals surface area contributed by atoms with Gasteiger partial charge in [-0.2, -0.15) is 0 Å². The number of rotatable bonds is 0. The van der Waals surface area contributed by atoms with E-state index in [0.29, 0.717) is 5.02 Å². The Kier molecular flexibility index (Phi) is 2.10.